The lowest BCUT2D eigenvalue weighted by Gasteiger charge is -2.33. The molecule has 2 heterocycles. The SMILES string of the molecule is CCOC(=O)N1CCC(NC(C)CC2CCCN2)CC1. The molecule has 0 radical (unpaired) electrons. The summed E-state index contributed by atoms with van der Waals surface area (Å²) in [5, 5.41) is 7.27. The maximum atomic E-state index is 11.6. The second kappa shape index (κ2) is 7.84. The largest absolute Gasteiger partial charge is 0.450 e. The van der Waals surface area contributed by atoms with Crippen LogP contribution in [-0.2, 0) is 4.74 Å². The molecule has 2 fully saturated rings. The number of likely N-dealkylation sites (tertiary alicyclic amines) is 1. The van der Waals surface area contributed by atoms with Gasteiger partial charge in [0.05, 0.1) is 6.61 Å². The first-order chi connectivity index (χ1) is 9.69. The van der Waals surface area contributed by atoms with E-state index in [1.165, 1.54) is 25.8 Å². The van der Waals surface area contributed by atoms with Crippen molar-refractivity contribution in [1.82, 2.24) is 15.5 Å². The van der Waals surface area contributed by atoms with Crippen molar-refractivity contribution in [3.63, 3.8) is 0 Å². The molecule has 5 nitrogen and oxygen atoms in total. The first-order valence-corrected chi connectivity index (χ1v) is 8.10. The Morgan fingerprint density at radius 1 is 1.40 bits per heavy atom. The van der Waals surface area contributed by atoms with E-state index in [0.717, 1.165) is 25.9 Å². The van der Waals surface area contributed by atoms with E-state index in [1.807, 2.05) is 11.8 Å². The average molecular weight is 283 g/mol. The number of hydrogen-bond donors (Lipinski definition) is 2. The Hall–Kier alpha value is -0.810. The van der Waals surface area contributed by atoms with Gasteiger partial charge < -0.3 is 20.3 Å². The van der Waals surface area contributed by atoms with Crippen molar-refractivity contribution in [3.8, 4) is 0 Å². The number of carbonyl (C=O) groups excluding carboxylic acids is 1. The van der Waals surface area contributed by atoms with Gasteiger partial charge in [0.15, 0.2) is 0 Å². The number of nitrogens with one attached hydrogen (secondary N) is 2. The molecule has 0 saturated carbocycles. The second-order valence-corrected chi connectivity index (χ2v) is 6.06. The van der Waals surface area contributed by atoms with Crippen molar-refractivity contribution in [1.29, 1.82) is 0 Å². The Morgan fingerprint density at radius 2 is 2.15 bits per heavy atom. The Kier molecular flexibility index (Phi) is 6.10. The molecular weight excluding hydrogens is 254 g/mol. The van der Waals surface area contributed by atoms with Crippen molar-refractivity contribution in [2.24, 2.45) is 0 Å². The molecule has 5 heteroatoms. The van der Waals surface area contributed by atoms with Crippen LogP contribution in [0.1, 0.15) is 46.0 Å². The molecule has 0 aromatic rings. The van der Waals surface area contributed by atoms with Crippen LogP contribution < -0.4 is 10.6 Å². The van der Waals surface area contributed by atoms with Gasteiger partial charge in [-0.05, 0) is 52.5 Å². The summed E-state index contributed by atoms with van der Waals surface area (Å²) in [7, 11) is 0. The molecular formula is C15H29N3O2. The first kappa shape index (κ1) is 15.6. The fraction of sp³-hybridized carbons (Fsp3) is 0.933. The molecule has 0 aromatic heterocycles. The molecule has 2 unspecified atom stereocenters. The van der Waals surface area contributed by atoms with Gasteiger partial charge in [-0.25, -0.2) is 4.79 Å². The zero-order valence-electron chi connectivity index (χ0n) is 12.9. The zero-order valence-corrected chi connectivity index (χ0v) is 12.9. The number of ether oxygens (including phenoxy) is 1. The maximum Gasteiger partial charge on any atom is 0.409 e. The molecule has 0 bridgehead atoms. The quantitative estimate of drug-likeness (QED) is 0.807. The van der Waals surface area contributed by atoms with E-state index in [2.05, 4.69) is 17.6 Å². The molecule has 2 N–H and O–H groups in total. The topological polar surface area (TPSA) is 53.6 Å². The Bertz CT molecular complexity index is 297. The summed E-state index contributed by atoms with van der Waals surface area (Å²) in [5.41, 5.74) is 0. The second-order valence-electron chi connectivity index (χ2n) is 6.06. The Balaban J connectivity index is 1.64. The van der Waals surface area contributed by atoms with Crippen LogP contribution in [0.4, 0.5) is 4.79 Å². The number of amides is 1. The summed E-state index contributed by atoms with van der Waals surface area (Å²) < 4.78 is 5.04. The summed E-state index contributed by atoms with van der Waals surface area (Å²) in [6.07, 6.45) is 5.73. The molecule has 0 spiro atoms. The van der Waals surface area contributed by atoms with Crippen molar-refractivity contribution in [2.75, 3.05) is 26.2 Å². The van der Waals surface area contributed by atoms with Crippen LogP contribution in [0.2, 0.25) is 0 Å². The highest BCUT2D eigenvalue weighted by Gasteiger charge is 2.25. The van der Waals surface area contributed by atoms with E-state index in [-0.39, 0.29) is 6.09 Å². The Labute approximate surface area is 122 Å². The van der Waals surface area contributed by atoms with E-state index in [9.17, 15) is 4.79 Å². The van der Waals surface area contributed by atoms with Gasteiger partial charge in [0.1, 0.15) is 0 Å². The maximum absolute atomic E-state index is 11.6. The standard InChI is InChI=1S/C15H29N3O2/c1-3-20-15(19)18-9-6-13(7-10-18)17-12(2)11-14-5-4-8-16-14/h12-14,16-17H,3-11H2,1-2H3. The van der Waals surface area contributed by atoms with Gasteiger partial charge in [-0.3, -0.25) is 0 Å². The summed E-state index contributed by atoms with van der Waals surface area (Å²) >= 11 is 0. The Morgan fingerprint density at radius 3 is 2.75 bits per heavy atom. The molecule has 20 heavy (non-hydrogen) atoms. The van der Waals surface area contributed by atoms with Crippen LogP contribution in [0.5, 0.6) is 0 Å². The summed E-state index contributed by atoms with van der Waals surface area (Å²) in [6, 6.07) is 1.78. The van der Waals surface area contributed by atoms with Gasteiger partial charge in [0.2, 0.25) is 0 Å². The van der Waals surface area contributed by atoms with Gasteiger partial charge in [0, 0.05) is 31.2 Å². The van der Waals surface area contributed by atoms with Crippen LogP contribution in [0.25, 0.3) is 0 Å². The number of nitrogens with zero attached hydrogens (tertiary/aromatic N) is 1. The third kappa shape index (κ3) is 4.63. The number of hydrogen-bond acceptors (Lipinski definition) is 4. The minimum Gasteiger partial charge on any atom is -0.450 e. The van der Waals surface area contributed by atoms with Gasteiger partial charge >= 0.3 is 6.09 Å². The van der Waals surface area contributed by atoms with Crippen LogP contribution in [0.15, 0.2) is 0 Å². The van der Waals surface area contributed by atoms with E-state index in [0.29, 0.717) is 24.7 Å². The van der Waals surface area contributed by atoms with Gasteiger partial charge in [-0.15, -0.1) is 0 Å². The average Bonchev–Trinajstić information content (AvgIpc) is 2.92. The highest BCUT2D eigenvalue weighted by molar-refractivity contribution is 5.67. The molecule has 2 atom stereocenters. The minimum absolute atomic E-state index is 0.158. The van der Waals surface area contributed by atoms with Gasteiger partial charge in [-0.2, -0.15) is 0 Å². The molecule has 116 valence electrons. The minimum atomic E-state index is -0.158. The lowest BCUT2D eigenvalue weighted by atomic mass is 10.0. The highest BCUT2D eigenvalue weighted by Crippen LogP contribution is 2.15. The van der Waals surface area contributed by atoms with Crippen molar-refractivity contribution in [2.45, 2.75) is 64.1 Å². The smallest absolute Gasteiger partial charge is 0.409 e. The monoisotopic (exact) mass is 283 g/mol. The number of carbonyl (C=O) groups is 1. The third-order valence-electron chi connectivity index (χ3n) is 4.34. The molecule has 0 aliphatic carbocycles. The van der Waals surface area contributed by atoms with Crippen molar-refractivity contribution >= 4 is 6.09 Å². The predicted molar refractivity (Wildman–Crippen MR) is 79.9 cm³/mol. The summed E-state index contributed by atoms with van der Waals surface area (Å²) in [5.74, 6) is 0. The molecule has 2 rings (SSSR count). The third-order valence-corrected chi connectivity index (χ3v) is 4.34. The van der Waals surface area contributed by atoms with E-state index in [4.69, 9.17) is 4.74 Å². The molecule has 2 aliphatic heterocycles. The van der Waals surface area contributed by atoms with Gasteiger partial charge in [-0.1, -0.05) is 0 Å². The summed E-state index contributed by atoms with van der Waals surface area (Å²) in [6.45, 7) is 7.39. The molecule has 1 amide bonds. The lowest BCUT2D eigenvalue weighted by Crippen LogP contribution is -2.48. The van der Waals surface area contributed by atoms with E-state index < -0.39 is 0 Å². The van der Waals surface area contributed by atoms with E-state index >= 15 is 0 Å². The first-order valence-electron chi connectivity index (χ1n) is 8.10. The normalized spacial score (nSPS) is 25.7. The van der Waals surface area contributed by atoms with Crippen LogP contribution >= 0.6 is 0 Å². The zero-order chi connectivity index (χ0) is 14.4. The summed E-state index contributed by atoms with van der Waals surface area (Å²) in [4.78, 5) is 13.5. The fourth-order valence-corrected chi connectivity index (χ4v) is 3.30. The molecule has 0 aromatic carbocycles. The van der Waals surface area contributed by atoms with Crippen molar-refractivity contribution in [3.05, 3.63) is 0 Å². The lowest BCUT2D eigenvalue weighted by molar-refractivity contribution is 0.0942. The molecule has 2 aliphatic rings. The highest BCUT2D eigenvalue weighted by atomic mass is 16.6. The predicted octanol–water partition coefficient (Wildman–Crippen LogP) is 1.73. The molecule has 2 saturated heterocycles. The van der Waals surface area contributed by atoms with Crippen LogP contribution in [-0.4, -0.2) is 55.4 Å². The van der Waals surface area contributed by atoms with Crippen molar-refractivity contribution < 1.29 is 9.53 Å². The fourth-order valence-electron chi connectivity index (χ4n) is 3.30. The van der Waals surface area contributed by atoms with Crippen LogP contribution in [0.3, 0.4) is 0 Å². The number of rotatable bonds is 5. The van der Waals surface area contributed by atoms with Crippen LogP contribution in [0, 0.1) is 0 Å². The van der Waals surface area contributed by atoms with Gasteiger partial charge in [0.25, 0.3) is 0 Å². The van der Waals surface area contributed by atoms with E-state index in [1.54, 1.807) is 0 Å². The number of piperidine rings is 1.